The van der Waals surface area contributed by atoms with Crippen LogP contribution in [0.3, 0.4) is 0 Å². The molecule has 1 N–H and O–H groups in total. The second-order valence-electron chi connectivity index (χ2n) is 6.75. The van der Waals surface area contributed by atoms with Crippen molar-refractivity contribution < 1.29 is 9.90 Å². The van der Waals surface area contributed by atoms with Gasteiger partial charge >= 0.3 is 5.97 Å². The van der Waals surface area contributed by atoms with Crippen molar-refractivity contribution in [1.82, 2.24) is 0 Å². The van der Waals surface area contributed by atoms with Gasteiger partial charge in [-0.1, -0.05) is 26.2 Å². The molecule has 3 fully saturated rings. The Morgan fingerprint density at radius 2 is 1.76 bits per heavy atom. The third-order valence-electron chi connectivity index (χ3n) is 5.95. The summed E-state index contributed by atoms with van der Waals surface area (Å²) >= 11 is 0. The van der Waals surface area contributed by atoms with Crippen LogP contribution in [-0.4, -0.2) is 11.1 Å². The lowest BCUT2D eigenvalue weighted by Gasteiger charge is -2.39. The van der Waals surface area contributed by atoms with E-state index in [0.29, 0.717) is 5.92 Å². The van der Waals surface area contributed by atoms with Crippen molar-refractivity contribution in [3.05, 3.63) is 0 Å². The van der Waals surface area contributed by atoms with Crippen molar-refractivity contribution in [2.24, 2.45) is 29.1 Å². The number of hydrogen-bond acceptors (Lipinski definition) is 1. The lowest BCUT2D eigenvalue weighted by Crippen LogP contribution is -2.39. The van der Waals surface area contributed by atoms with Crippen molar-refractivity contribution in [3.8, 4) is 0 Å². The number of fused-ring (bicyclic) bond motifs is 1. The fraction of sp³-hybridized carbons (Fsp3) is 0.933. The molecule has 3 rings (SSSR count). The van der Waals surface area contributed by atoms with E-state index in [2.05, 4.69) is 6.92 Å². The second-order valence-corrected chi connectivity index (χ2v) is 6.75. The molecule has 0 heterocycles. The Morgan fingerprint density at radius 1 is 1.18 bits per heavy atom. The molecule has 2 heteroatoms. The highest BCUT2D eigenvalue weighted by Crippen LogP contribution is 2.64. The van der Waals surface area contributed by atoms with Gasteiger partial charge in [0.2, 0.25) is 0 Å². The summed E-state index contributed by atoms with van der Waals surface area (Å²) in [5.74, 6) is 2.42. The van der Waals surface area contributed by atoms with E-state index in [9.17, 15) is 9.90 Å². The van der Waals surface area contributed by atoms with E-state index in [1.165, 1.54) is 38.5 Å². The van der Waals surface area contributed by atoms with Crippen LogP contribution in [0, 0.1) is 29.1 Å². The molecule has 0 saturated heterocycles. The van der Waals surface area contributed by atoms with E-state index in [1.807, 2.05) is 0 Å². The van der Waals surface area contributed by atoms with Crippen LogP contribution in [0.25, 0.3) is 0 Å². The maximum absolute atomic E-state index is 11.7. The maximum Gasteiger partial charge on any atom is 0.309 e. The van der Waals surface area contributed by atoms with Gasteiger partial charge in [0.1, 0.15) is 0 Å². The van der Waals surface area contributed by atoms with Gasteiger partial charge in [-0.3, -0.25) is 4.79 Å². The molecular weight excluding hydrogens is 212 g/mol. The van der Waals surface area contributed by atoms with Crippen LogP contribution in [0.15, 0.2) is 0 Å². The zero-order chi connectivity index (χ0) is 12.0. The fourth-order valence-corrected chi connectivity index (χ4v) is 4.64. The minimum Gasteiger partial charge on any atom is -0.481 e. The average molecular weight is 236 g/mol. The van der Waals surface area contributed by atoms with Gasteiger partial charge in [-0.25, -0.2) is 0 Å². The molecule has 0 amide bonds. The van der Waals surface area contributed by atoms with E-state index in [-0.39, 0.29) is 5.41 Å². The molecule has 0 aromatic carbocycles. The third-order valence-corrected chi connectivity index (χ3v) is 5.95. The standard InChI is InChI=1S/C15H24O2/c1-2-10-3-5-13(6-4-10)15(14(16)17)8-11-7-12(11)9-15/h10-13H,2-9H2,1H3,(H,16,17). The zero-order valence-corrected chi connectivity index (χ0v) is 10.8. The third kappa shape index (κ3) is 1.80. The predicted molar refractivity (Wildman–Crippen MR) is 66.6 cm³/mol. The fourth-order valence-electron chi connectivity index (χ4n) is 4.64. The molecule has 96 valence electrons. The number of hydrogen-bond donors (Lipinski definition) is 1. The molecule has 17 heavy (non-hydrogen) atoms. The van der Waals surface area contributed by atoms with Crippen LogP contribution >= 0.6 is 0 Å². The van der Waals surface area contributed by atoms with Gasteiger partial charge in [0, 0.05) is 0 Å². The summed E-state index contributed by atoms with van der Waals surface area (Å²) < 4.78 is 0. The first-order valence-corrected chi connectivity index (χ1v) is 7.39. The van der Waals surface area contributed by atoms with Gasteiger partial charge < -0.3 is 5.11 Å². The molecule has 3 aliphatic carbocycles. The Bertz CT molecular complexity index is 305. The number of rotatable bonds is 3. The van der Waals surface area contributed by atoms with Gasteiger partial charge in [0.05, 0.1) is 5.41 Å². The highest BCUT2D eigenvalue weighted by atomic mass is 16.4. The lowest BCUT2D eigenvalue weighted by molar-refractivity contribution is -0.154. The Labute approximate surface area is 104 Å². The summed E-state index contributed by atoms with van der Waals surface area (Å²) in [6.07, 6.45) is 9.46. The molecule has 0 aromatic heterocycles. The smallest absolute Gasteiger partial charge is 0.309 e. The van der Waals surface area contributed by atoms with Crippen LogP contribution in [0.2, 0.25) is 0 Å². The van der Waals surface area contributed by atoms with E-state index in [4.69, 9.17) is 0 Å². The van der Waals surface area contributed by atoms with Gasteiger partial charge in [0.25, 0.3) is 0 Å². The second kappa shape index (κ2) is 4.00. The van der Waals surface area contributed by atoms with Crippen LogP contribution in [0.4, 0.5) is 0 Å². The summed E-state index contributed by atoms with van der Waals surface area (Å²) in [7, 11) is 0. The van der Waals surface area contributed by atoms with Crippen molar-refractivity contribution in [1.29, 1.82) is 0 Å². The van der Waals surface area contributed by atoms with E-state index < -0.39 is 5.97 Å². The lowest BCUT2D eigenvalue weighted by atomic mass is 9.64. The normalized spacial score (nSPS) is 48.8. The van der Waals surface area contributed by atoms with Crippen LogP contribution < -0.4 is 0 Å². The monoisotopic (exact) mass is 236 g/mol. The zero-order valence-electron chi connectivity index (χ0n) is 10.8. The molecule has 0 radical (unpaired) electrons. The van der Waals surface area contributed by atoms with Crippen molar-refractivity contribution in [2.75, 3.05) is 0 Å². The van der Waals surface area contributed by atoms with Crippen LogP contribution in [0.1, 0.15) is 58.3 Å². The Hall–Kier alpha value is -0.530. The molecular formula is C15H24O2. The van der Waals surface area contributed by atoms with E-state index >= 15 is 0 Å². The number of aliphatic carboxylic acids is 1. The molecule has 2 nitrogen and oxygen atoms in total. The highest BCUT2D eigenvalue weighted by molar-refractivity contribution is 5.76. The minimum absolute atomic E-state index is 0.313. The van der Waals surface area contributed by atoms with Crippen molar-refractivity contribution >= 4 is 5.97 Å². The van der Waals surface area contributed by atoms with Crippen LogP contribution in [-0.2, 0) is 4.79 Å². The number of carboxylic acid groups (broad SMARTS) is 1. The van der Waals surface area contributed by atoms with Gasteiger partial charge in [-0.05, 0) is 55.8 Å². The quantitative estimate of drug-likeness (QED) is 0.811. The van der Waals surface area contributed by atoms with Crippen molar-refractivity contribution in [2.45, 2.75) is 58.3 Å². The Morgan fingerprint density at radius 3 is 2.24 bits per heavy atom. The van der Waals surface area contributed by atoms with E-state index in [1.54, 1.807) is 0 Å². The summed E-state index contributed by atoms with van der Waals surface area (Å²) in [5.41, 5.74) is -0.313. The largest absolute Gasteiger partial charge is 0.481 e. The summed E-state index contributed by atoms with van der Waals surface area (Å²) in [5, 5.41) is 9.68. The number of carbonyl (C=O) groups is 1. The molecule has 0 aliphatic heterocycles. The van der Waals surface area contributed by atoms with Gasteiger partial charge in [-0.15, -0.1) is 0 Å². The number of carboxylic acids is 1. The summed E-state index contributed by atoms with van der Waals surface area (Å²) in [4.78, 5) is 11.7. The average Bonchev–Trinajstić information content (AvgIpc) is 2.96. The Kier molecular flexibility index (Phi) is 2.72. The summed E-state index contributed by atoms with van der Waals surface area (Å²) in [6, 6.07) is 0. The molecule has 0 aromatic rings. The topological polar surface area (TPSA) is 37.3 Å². The first kappa shape index (κ1) is 11.6. The summed E-state index contributed by atoms with van der Waals surface area (Å²) in [6.45, 7) is 2.27. The van der Waals surface area contributed by atoms with E-state index in [0.717, 1.165) is 30.6 Å². The molecule has 0 bridgehead atoms. The molecule has 3 aliphatic rings. The van der Waals surface area contributed by atoms with Crippen LogP contribution in [0.5, 0.6) is 0 Å². The first-order chi connectivity index (χ1) is 8.15. The molecule has 0 spiro atoms. The SMILES string of the molecule is CCC1CCC(C2(C(=O)O)CC3CC3C2)CC1. The van der Waals surface area contributed by atoms with Gasteiger partial charge in [0.15, 0.2) is 0 Å². The molecule has 2 unspecified atom stereocenters. The van der Waals surface area contributed by atoms with Crippen molar-refractivity contribution in [3.63, 3.8) is 0 Å². The predicted octanol–water partition coefficient (Wildman–Crippen LogP) is 3.70. The first-order valence-electron chi connectivity index (χ1n) is 7.39. The minimum atomic E-state index is -0.482. The van der Waals surface area contributed by atoms with Gasteiger partial charge in [-0.2, -0.15) is 0 Å². The maximum atomic E-state index is 11.7. The molecule has 3 saturated carbocycles. The Balaban J connectivity index is 1.71. The highest BCUT2D eigenvalue weighted by Gasteiger charge is 2.60. The molecule has 2 atom stereocenters.